The minimum absolute atomic E-state index is 0.0270. The van der Waals surface area contributed by atoms with Crippen molar-refractivity contribution in [3.05, 3.63) is 52.3 Å². The molecule has 2 aromatic rings. The summed E-state index contributed by atoms with van der Waals surface area (Å²) in [4.78, 5) is 36.6. The van der Waals surface area contributed by atoms with E-state index >= 15 is 0 Å². The second-order valence-electron chi connectivity index (χ2n) is 6.97. The van der Waals surface area contributed by atoms with Crippen molar-refractivity contribution in [1.82, 2.24) is 4.90 Å². The van der Waals surface area contributed by atoms with Gasteiger partial charge in [-0.2, -0.15) is 0 Å². The van der Waals surface area contributed by atoms with Crippen LogP contribution in [-0.4, -0.2) is 40.4 Å². The van der Waals surface area contributed by atoms with Crippen LogP contribution in [-0.2, 0) is 9.53 Å². The van der Waals surface area contributed by atoms with E-state index in [1.807, 2.05) is 13.8 Å². The summed E-state index contributed by atoms with van der Waals surface area (Å²) in [5.41, 5.74) is 0.561. The highest BCUT2D eigenvalue weighted by Gasteiger charge is 2.29. The Morgan fingerprint density at radius 2 is 1.79 bits per heavy atom. The number of amides is 1. The maximum Gasteiger partial charge on any atom is 0.374 e. The van der Waals surface area contributed by atoms with Gasteiger partial charge in [-0.05, 0) is 57.4 Å². The van der Waals surface area contributed by atoms with Gasteiger partial charge in [0.25, 0.3) is 11.6 Å². The molecule has 0 radical (unpaired) electrons. The lowest BCUT2D eigenvalue weighted by Gasteiger charge is -2.38. The highest BCUT2D eigenvalue weighted by Crippen LogP contribution is 2.25. The first-order valence-electron chi connectivity index (χ1n) is 9.19. The Morgan fingerprint density at radius 3 is 2.39 bits per heavy atom. The Bertz CT molecular complexity index is 863. The molecule has 2 atom stereocenters. The predicted octanol–water partition coefficient (Wildman–Crippen LogP) is 3.80. The number of carbonyl (C=O) groups is 2. The summed E-state index contributed by atoms with van der Waals surface area (Å²) in [5, 5.41) is 10.7. The fraction of sp³-hybridized carbons (Fsp3) is 0.400. The number of piperidine rings is 1. The molecule has 0 bridgehead atoms. The van der Waals surface area contributed by atoms with Crippen LogP contribution in [0.25, 0.3) is 11.3 Å². The summed E-state index contributed by atoms with van der Waals surface area (Å²) in [6, 6.07) is 9.08. The van der Waals surface area contributed by atoms with Gasteiger partial charge in [0.2, 0.25) is 5.76 Å². The third-order valence-electron chi connectivity index (χ3n) is 4.98. The smallest absolute Gasteiger partial charge is 0.374 e. The van der Waals surface area contributed by atoms with Crippen LogP contribution in [0, 0.1) is 10.1 Å². The van der Waals surface area contributed by atoms with Crippen molar-refractivity contribution in [3.63, 3.8) is 0 Å². The minimum atomic E-state index is -0.723. The topological polar surface area (TPSA) is 103 Å². The number of esters is 1. The van der Waals surface area contributed by atoms with Crippen LogP contribution in [0.3, 0.4) is 0 Å². The molecule has 0 spiro atoms. The number of nitro groups is 1. The number of non-ortho nitro benzene ring substituents is 1. The number of ether oxygens (including phenoxy) is 1. The monoisotopic (exact) mass is 386 g/mol. The van der Waals surface area contributed by atoms with Crippen molar-refractivity contribution in [2.45, 2.75) is 45.2 Å². The Balaban J connectivity index is 1.61. The van der Waals surface area contributed by atoms with E-state index < -0.39 is 10.9 Å². The second-order valence-corrected chi connectivity index (χ2v) is 6.97. The Hall–Kier alpha value is -3.16. The number of carbonyl (C=O) groups excluding carboxylic acids is 2. The first-order chi connectivity index (χ1) is 13.4. The Labute approximate surface area is 162 Å². The number of nitrogens with zero attached hydrogens (tertiary/aromatic N) is 2. The van der Waals surface area contributed by atoms with E-state index in [2.05, 4.69) is 0 Å². The lowest BCUT2D eigenvalue weighted by Crippen LogP contribution is -2.49. The molecule has 0 N–H and O–H groups in total. The van der Waals surface area contributed by atoms with Crippen molar-refractivity contribution >= 4 is 17.6 Å². The van der Waals surface area contributed by atoms with Crippen LogP contribution in [0.1, 0.15) is 43.7 Å². The van der Waals surface area contributed by atoms with Crippen molar-refractivity contribution in [2.75, 3.05) is 6.61 Å². The van der Waals surface area contributed by atoms with Gasteiger partial charge in [-0.25, -0.2) is 4.79 Å². The van der Waals surface area contributed by atoms with Gasteiger partial charge in [-0.3, -0.25) is 14.9 Å². The second kappa shape index (κ2) is 8.24. The largest absolute Gasteiger partial charge is 0.450 e. The molecule has 28 heavy (non-hydrogen) atoms. The zero-order valence-corrected chi connectivity index (χ0v) is 15.8. The number of nitro benzene ring substituents is 1. The van der Waals surface area contributed by atoms with Crippen LogP contribution in [0.5, 0.6) is 0 Å². The lowest BCUT2D eigenvalue weighted by atomic mass is 9.97. The number of rotatable bonds is 5. The minimum Gasteiger partial charge on any atom is -0.450 e. The highest BCUT2D eigenvalue weighted by molar-refractivity contribution is 5.89. The fourth-order valence-electron chi connectivity index (χ4n) is 3.54. The third kappa shape index (κ3) is 4.21. The molecular weight excluding hydrogens is 364 g/mol. The van der Waals surface area contributed by atoms with E-state index in [1.165, 1.54) is 30.3 Å². The van der Waals surface area contributed by atoms with Gasteiger partial charge >= 0.3 is 5.97 Å². The summed E-state index contributed by atoms with van der Waals surface area (Å²) in [5.74, 6) is -0.582. The molecule has 1 fully saturated rings. The molecule has 0 saturated carbocycles. The van der Waals surface area contributed by atoms with E-state index in [0.717, 1.165) is 19.3 Å². The van der Waals surface area contributed by atoms with E-state index in [-0.39, 0.29) is 36.0 Å². The molecule has 1 amide bonds. The maximum absolute atomic E-state index is 12.4. The summed E-state index contributed by atoms with van der Waals surface area (Å²) in [7, 11) is 0. The van der Waals surface area contributed by atoms with Gasteiger partial charge in [0.1, 0.15) is 5.76 Å². The van der Waals surface area contributed by atoms with Crippen LogP contribution in [0.15, 0.2) is 40.8 Å². The Morgan fingerprint density at radius 1 is 1.14 bits per heavy atom. The third-order valence-corrected chi connectivity index (χ3v) is 4.98. The lowest BCUT2D eigenvalue weighted by molar-refractivity contribution is -0.384. The summed E-state index contributed by atoms with van der Waals surface area (Å²) >= 11 is 0. The predicted molar refractivity (Wildman–Crippen MR) is 101 cm³/mol. The summed E-state index contributed by atoms with van der Waals surface area (Å²) < 4.78 is 10.6. The van der Waals surface area contributed by atoms with Gasteiger partial charge < -0.3 is 14.1 Å². The number of hydrogen-bond acceptors (Lipinski definition) is 6. The van der Waals surface area contributed by atoms with Crippen LogP contribution in [0.4, 0.5) is 5.69 Å². The molecule has 0 unspecified atom stereocenters. The molecule has 1 aliphatic rings. The van der Waals surface area contributed by atoms with E-state index in [0.29, 0.717) is 11.3 Å². The normalized spacial score (nSPS) is 19.3. The maximum atomic E-state index is 12.4. The SMILES string of the molecule is C[C@@H]1CCC[C@H](C)N1C(=O)COC(=O)c1ccc(-c2ccc([N+](=O)[O-])cc2)o1. The van der Waals surface area contributed by atoms with Gasteiger partial charge in [-0.1, -0.05) is 0 Å². The molecular formula is C20H22N2O6. The van der Waals surface area contributed by atoms with Crippen molar-refractivity contribution in [1.29, 1.82) is 0 Å². The van der Waals surface area contributed by atoms with Gasteiger partial charge in [0, 0.05) is 29.8 Å². The van der Waals surface area contributed by atoms with E-state index in [1.54, 1.807) is 11.0 Å². The quantitative estimate of drug-likeness (QED) is 0.440. The van der Waals surface area contributed by atoms with Crippen LogP contribution in [0.2, 0.25) is 0 Å². The fourth-order valence-corrected chi connectivity index (χ4v) is 3.54. The number of likely N-dealkylation sites (tertiary alicyclic amines) is 1. The first kappa shape index (κ1) is 19.6. The molecule has 2 heterocycles. The summed E-state index contributed by atoms with van der Waals surface area (Å²) in [6.07, 6.45) is 2.98. The molecule has 1 aromatic carbocycles. The molecule has 1 aromatic heterocycles. The highest BCUT2D eigenvalue weighted by atomic mass is 16.6. The van der Waals surface area contributed by atoms with Crippen LogP contribution < -0.4 is 0 Å². The zero-order valence-electron chi connectivity index (χ0n) is 15.8. The molecule has 3 rings (SSSR count). The molecule has 1 aliphatic heterocycles. The standard InChI is InChI=1S/C20H22N2O6/c1-13-4-3-5-14(2)21(13)19(23)12-27-20(24)18-11-10-17(28-18)15-6-8-16(9-7-15)22(25)26/h6-11,13-14H,3-5,12H2,1-2H3/t13-,14+. The van der Waals surface area contributed by atoms with Crippen molar-refractivity contribution in [2.24, 2.45) is 0 Å². The molecule has 8 heteroatoms. The number of benzene rings is 1. The molecule has 0 aliphatic carbocycles. The van der Waals surface area contributed by atoms with E-state index in [4.69, 9.17) is 9.15 Å². The molecule has 8 nitrogen and oxygen atoms in total. The average Bonchev–Trinajstić information content (AvgIpc) is 3.16. The van der Waals surface area contributed by atoms with Gasteiger partial charge in [-0.15, -0.1) is 0 Å². The van der Waals surface area contributed by atoms with Crippen molar-refractivity contribution in [3.8, 4) is 11.3 Å². The van der Waals surface area contributed by atoms with Gasteiger partial charge in [0.15, 0.2) is 6.61 Å². The van der Waals surface area contributed by atoms with E-state index in [9.17, 15) is 19.7 Å². The van der Waals surface area contributed by atoms with Crippen molar-refractivity contribution < 1.29 is 23.7 Å². The summed E-state index contributed by atoms with van der Waals surface area (Å²) in [6.45, 7) is 3.66. The van der Waals surface area contributed by atoms with Crippen LogP contribution >= 0.6 is 0 Å². The first-order valence-corrected chi connectivity index (χ1v) is 9.19. The molecule has 148 valence electrons. The average molecular weight is 386 g/mol. The molecule has 1 saturated heterocycles. The number of hydrogen-bond donors (Lipinski definition) is 0. The number of furan rings is 1. The zero-order chi connectivity index (χ0) is 20.3. The van der Waals surface area contributed by atoms with Gasteiger partial charge in [0.05, 0.1) is 4.92 Å². The Kier molecular flexibility index (Phi) is 5.77.